The third kappa shape index (κ3) is 5.76. The Kier molecular flexibility index (Phi) is 8.41. The number of methoxy groups -OCH3 is 1. The molecule has 0 saturated carbocycles. The molecule has 4 rings (SSSR count). The van der Waals surface area contributed by atoms with Gasteiger partial charge in [0.2, 0.25) is 5.91 Å². The molecule has 0 saturated heterocycles. The molecule has 2 aromatic carbocycles. The minimum Gasteiger partial charge on any atom is -0.492 e. The number of carbonyl (C=O) groups is 2. The summed E-state index contributed by atoms with van der Waals surface area (Å²) in [4.78, 5) is 26.9. The number of nitrogens with zero attached hydrogens (tertiary/aromatic N) is 1. The first-order valence-electron chi connectivity index (χ1n) is 11.8. The van der Waals surface area contributed by atoms with Crippen LogP contribution in [0.4, 0.5) is 10.7 Å². The zero-order valence-corrected chi connectivity index (χ0v) is 22.8. The van der Waals surface area contributed by atoms with Crippen LogP contribution >= 0.6 is 22.9 Å². The van der Waals surface area contributed by atoms with Crippen LogP contribution in [-0.2, 0) is 32.4 Å². The number of ether oxygens (including phenoxy) is 2. The van der Waals surface area contributed by atoms with Gasteiger partial charge in [-0.25, -0.2) is 13.2 Å². The summed E-state index contributed by atoms with van der Waals surface area (Å²) >= 11 is 7.30. The zero-order valence-electron chi connectivity index (χ0n) is 20.5. The van der Waals surface area contributed by atoms with Crippen molar-refractivity contribution >= 4 is 55.5 Å². The third-order valence-corrected chi connectivity index (χ3v) is 9.17. The number of halogens is 1. The van der Waals surface area contributed by atoms with Crippen molar-refractivity contribution in [2.45, 2.75) is 37.5 Å². The van der Waals surface area contributed by atoms with Crippen LogP contribution in [0.25, 0.3) is 0 Å². The number of aryl methyl sites for hydroxylation is 1. The van der Waals surface area contributed by atoms with Crippen molar-refractivity contribution in [1.29, 1.82) is 0 Å². The van der Waals surface area contributed by atoms with E-state index < -0.39 is 28.4 Å². The number of esters is 1. The zero-order chi connectivity index (χ0) is 26.6. The second-order valence-corrected chi connectivity index (χ2v) is 11.7. The molecule has 37 heavy (non-hydrogen) atoms. The van der Waals surface area contributed by atoms with E-state index in [1.165, 1.54) is 42.7 Å². The summed E-state index contributed by atoms with van der Waals surface area (Å²) in [6.07, 6.45) is 3.49. The SMILES string of the molecule is CCOc1ccccc1N(CC(=O)Nc1sc2c(c1C(=O)OC)CCCC2)S(=O)(=O)c1ccc(Cl)cc1. The number of sulfonamides is 1. The maximum atomic E-state index is 13.7. The number of thiophene rings is 1. The van der Waals surface area contributed by atoms with Gasteiger partial charge in [0, 0.05) is 9.90 Å². The molecule has 0 spiro atoms. The van der Waals surface area contributed by atoms with Gasteiger partial charge in [0.15, 0.2) is 0 Å². The topological polar surface area (TPSA) is 102 Å². The molecule has 0 bridgehead atoms. The number of fused-ring (bicyclic) bond motifs is 1. The number of benzene rings is 2. The van der Waals surface area contributed by atoms with Gasteiger partial charge in [0.05, 0.1) is 29.9 Å². The highest BCUT2D eigenvalue weighted by Crippen LogP contribution is 2.39. The number of carbonyl (C=O) groups excluding carboxylic acids is 2. The van der Waals surface area contributed by atoms with Crippen molar-refractivity contribution in [2.24, 2.45) is 0 Å². The molecular weight excluding hydrogens is 536 g/mol. The van der Waals surface area contributed by atoms with E-state index in [0.29, 0.717) is 27.9 Å². The van der Waals surface area contributed by atoms with E-state index in [2.05, 4.69) is 5.32 Å². The number of hydrogen-bond acceptors (Lipinski definition) is 7. The van der Waals surface area contributed by atoms with Gasteiger partial charge in [0.25, 0.3) is 10.0 Å². The molecule has 0 fully saturated rings. The summed E-state index contributed by atoms with van der Waals surface area (Å²) in [6.45, 7) is 1.55. The van der Waals surface area contributed by atoms with Crippen LogP contribution in [0.3, 0.4) is 0 Å². The standard InChI is InChI=1S/C26H27ClN2O6S2/c1-3-35-21-10-6-5-9-20(21)29(37(32,33)18-14-12-17(27)13-15-18)16-23(30)28-25-24(26(31)34-2)19-8-4-7-11-22(19)36-25/h5-6,9-10,12-15H,3-4,7-8,11,16H2,1-2H3,(H,28,30). The monoisotopic (exact) mass is 562 g/mol. The first kappa shape index (κ1) is 27.0. The summed E-state index contributed by atoms with van der Waals surface area (Å²) in [5, 5.41) is 3.53. The quantitative estimate of drug-likeness (QED) is 0.355. The maximum Gasteiger partial charge on any atom is 0.341 e. The average Bonchev–Trinajstić information content (AvgIpc) is 3.25. The second-order valence-electron chi connectivity index (χ2n) is 8.32. The molecule has 11 heteroatoms. The van der Waals surface area contributed by atoms with Crippen LogP contribution in [0.2, 0.25) is 5.02 Å². The summed E-state index contributed by atoms with van der Waals surface area (Å²) in [7, 11) is -2.89. The van der Waals surface area contributed by atoms with Crippen molar-refractivity contribution in [3.05, 3.63) is 69.6 Å². The van der Waals surface area contributed by atoms with Crippen molar-refractivity contribution < 1.29 is 27.5 Å². The fourth-order valence-electron chi connectivity index (χ4n) is 4.24. The van der Waals surface area contributed by atoms with E-state index in [1.807, 2.05) is 0 Å². The highest BCUT2D eigenvalue weighted by molar-refractivity contribution is 7.92. The van der Waals surface area contributed by atoms with Gasteiger partial charge in [-0.2, -0.15) is 0 Å². The smallest absolute Gasteiger partial charge is 0.341 e. The summed E-state index contributed by atoms with van der Waals surface area (Å²) in [6, 6.07) is 12.3. The molecule has 1 N–H and O–H groups in total. The predicted molar refractivity (Wildman–Crippen MR) is 145 cm³/mol. The van der Waals surface area contributed by atoms with Crippen molar-refractivity contribution in [1.82, 2.24) is 0 Å². The number of anilines is 2. The molecule has 196 valence electrons. The van der Waals surface area contributed by atoms with Gasteiger partial charge in [-0.15, -0.1) is 11.3 Å². The number of hydrogen-bond donors (Lipinski definition) is 1. The first-order chi connectivity index (χ1) is 17.8. The molecule has 8 nitrogen and oxygen atoms in total. The van der Waals surface area contributed by atoms with E-state index in [1.54, 1.807) is 31.2 Å². The lowest BCUT2D eigenvalue weighted by molar-refractivity contribution is -0.114. The van der Waals surface area contributed by atoms with E-state index in [4.69, 9.17) is 21.1 Å². The summed E-state index contributed by atoms with van der Waals surface area (Å²) in [5.74, 6) is -0.813. The maximum absolute atomic E-state index is 13.7. The Morgan fingerprint density at radius 1 is 1.08 bits per heavy atom. The van der Waals surface area contributed by atoms with Crippen LogP contribution in [-0.4, -0.2) is 40.6 Å². The van der Waals surface area contributed by atoms with Gasteiger partial charge in [0.1, 0.15) is 17.3 Å². The molecule has 0 aliphatic heterocycles. The third-order valence-electron chi connectivity index (χ3n) is 5.94. The van der Waals surface area contributed by atoms with E-state index in [9.17, 15) is 18.0 Å². The Morgan fingerprint density at radius 2 is 1.78 bits per heavy atom. The number of amides is 1. The highest BCUT2D eigenvalue weighted by atomic mass is 35.5. The molecule has 1 heterocycles. The minimum atomic E-state index is -4.19. The lowest BCUT2D eigenvalue weighted by Gasteiger charge is -2.26. The molecule has 1 amide bonds. The Balaban J connectivity index is 1.71. The van der Waals surface area contributed by atoms with E-state index >= 15 is 0 Å². The van der Waals surface area contributed by atoms with Gasteiger partial charge in [-0.05, 0) is 74.6 Å². The van der Waals surface area contributed by atoms with E-state index in [-0.39, 0.29) is 10.6 Å². The average molecular weight is 563 g/mol. The van der Waals surface area contributed by atoms with Gasteiger partial charge in [-0.1, -0.05) is 23.7 Å². The Bertz CT molecular complexity index is 1400. The van der Waals surface area contributed by atoms with Crippen molar-refractivity contribution in [2.75, 3.05) is 29.9 Å². The lowest BCUT2D eigenvalue weighted by atomic mass is 9.95. The normalized spacial score (nSPS) is 12.9. The van der Waals surface area contributed by atoms with Crippen molar-refractivity contribution in [3.8, 4) is 5.75 Å². The molecule has 3 aromatic rings. The van der Waals surface area contributed by atoms with Crippen LogP contribution < -0.4 is 14.4 Å². The fourth-order valence-corrected chi connectivity index (χ4v) is 7.09. The van der Waals surface area contributed by atoms with Crippen LogP contribution in [0, 0.1) is 0 Å². The van der Waals surface area contributed by atoms with Crippen LogP contribution in [0.15, 0.2) is 53.4 Å². The van der Waals surface area contributed by atoms with Gasteiger partial charge in [-0.3, -0.25) is 9.10 Å². The second kappa shape index (κ2) is 11.5. The lowest BCUT2D eigenvalue weighted by Crippen LogP contribution is -2.38. The van der Waals surface area contributed by atoms with E-state index in [0.717, 1.165) is 40.4 Å². The Labute approximate surface area is 225 Å². The molecule has 1 aliphatic rings. The summed E-state index contributed by atoms with van der Waals surface area (Å²) in [5.41, 5.74) is 1.45. The number of para-hydroxylation sites is 2. The van der Waals surface area contributed by atoms with Gasteiger partial charge >= 0.3 is 5.97 Å². The Hall–Kier alpha value is -3.08. The molecule has 0 atom stereocenters. The minimum absolute atomic E-state index is 0.0298. The number of nitrogens with one attached hydrogen (secondary N) is 1. The predicted octanol–water partition coefficient (Wildman–Crippen LogP) is 5.30. The summed E-state index contributed by atoms with van der Waals surface area (Å²) < 4.78 is 39.1. The highest BCUT2D eigenvalue weighted by Gasteiger charge is 2.31. The van der Waals surface area contributed by atoms with Gasteiger partial charge < -0.3 is 14.8 Å². The largest absolute Gasteiger partial charge is 0.492 e. The fraction of sp³-hybridized carbons (Fsp3) is 0.308. The van der Waals surface area contributed by atoms with Crippen LogP contribution in [0.1, 0.15) is 40.6 Å². The molecular formula is C26H27ClN2O6S2. The molecule has 1 aromatic heterocycles. The van der Waals surface area contributed by atoms with Crippen molar-refractivity contribution in [3.63, 3.8) is 0 Å². The first-order valence-corrected chi connectivity index (χ1v) is 14.4. The number of rotatable bonds is 9. The molecule has 0 unspecified atom stereocenters. The Morgan fingerprint density at radius 3 is 2.49 bits per heavy atom. The van der Waals surface area contributed by atoms with Crippen LogP contribution in [0.5, 0.6) is 5.75 Å². The molecule has 0 radical (unpaired) electrons. The molecule has 1 aliphatic carbocycles.